The average molecular weight is 448 g/mol. The molecule has 1 aliphatic heterocycles. The highest BCUT2D eigenvalue weighted by Gasteiger charge is 2.20. The van der Waals surface area contributed by atoms with Crippen molar-refractivity contribution in [3.05, 3.63) is 71.8 Å². The number of carbonyl (C=O) groups is 3. The summed E-state index contributed by atoms with van der Waals surface area (Å²) >= 11 is 0. The Bertz CT molecular complexity index is 1430. The van der Waals surface area contributed by atoms with Crippen LogP contribution in [0.2, 0.25) is 0 Å². The molecule has 0 atom stereocenters. The molecule has 9 heteroatoms. The summed E-state index contributed by atoms with van der Waals surface area (Å²) < 4.78 is 4.98. The van der Waals surface area contributed by atoms with Crippen molar-refractivity contribution in [2.75, 3.05) is 11.1 Å². The number of phenolic OH excluding ortho intramolecular Hbond substituents is 1. The molecule has 5 rings (SSSR count). The second-order valence-corrected chi connectivity index (χ2v) is 6.94. The number of nitrogens with two attached hydrogens (primary N) is 1. The van der Waals surface area contributed by atoms with Crippen LogP contribution in [0.4, 0.5) is 16.2 Å². The van der Waals surface area contributed by atoms with Crippen molar-refractivity contribution in [2.24, 2.45) is 0 Å². The topological polar surface area (TPSA) is 159 Å². The Hall–Kier alpha value is -4.79. The summed E-state index contributed by atoms with van der Waals surface area (Å²) in [4.78, 5) is 32.9. The summed E-state index contributed by atoms with van der Waals surface area (Å²) in [6, 6.07) is 15.9. The lowest BCUT2D eigenvalue weighted by molar-refractivity contribution is 0.0686. The number of hydrogen-bond donors (Lipinski definition) is 5. The van der Waals surface area contributed by atoms with Gasteiger partial charge < -0.3 is 25.8 Å². The third kappa shape index (κ3) is 4.33. The maximum absolute atomic E-state index is 11.3. The van der Waals surface area contributed by atoms with Gasteiger partial charge in [0, 0.05) is 16.5 Å². The molecule has 0 unspecified atom stereocenters. The van der Waals surface area contributed by atoms with Crippen LogP contribution < -0.4 is 15.8 Å². The summed E-state index contributed by atoms with van der Waals surface area (Å²) in [6.07, 6.45) is -0.604. The quantitative estimate of drug-likeness (QED) is 0.270. The summed E-state index contributed by atoms with van der Waals surface area (Å²) in [6.45, 7) is 0. The number of ether oxygens (including phenoxy) is 1. The average Bonchev–Trinajstić information content (AvgIpc) is 2.73. The molecule has 1 amide bonds. The molecular formula is C24H20N2O7. The molecular weight excluding hydrogens is 428 g/mol. The number of amides is 1. The molecule has 0 saturated heterocycles. The standard InChI is InChI=1S/C12H7NO4.C11H9NO3.CH4/c14-11(15)7-4-6-2-1-3-8-10(6)9(5-7)17-12(16)13-8;12-8-3-1-2-6-4-7(11(14)15)5-9(13)10(6)8;/h1-5H,(H,13,16)(H,14,15);1-5,13H,12H2,(H,14,15);1H4. The molecule has 0 fully saturated rings. The Morgan fingerprint density at radius 2 is 1.42 bits per heavy atom. The van der Waals surface area contributed by atoms with E-state index in [1.165, 1.54) is 18.2 Å². The first-order valence-corrected chi connectivity index (χ1v) is 9.28. The smallest absolute Gasteiger partial charge is 0.417 e. The van der Waals surface area contributed by atoms with E-state index in [-0.39, 0.29) is 30.1 Å². The Labute approximate surface area is 187 Å². The van der Waals surface area contributed by atoms with E-state index < -0.39 is 18.0 Å². The van der Waals surface area contributed by atoms with Crippen molar-refractivity contribution in [1.82, 2.24) is 0 Å². The zero-order valence-corrected chi connectivity index (χ0v) is 16.3. The molecule has 168 valence electrons. The second kappa shape index (κ2) is 8.75. The minimum atomic E-state index is -1.07. The van der Waals surface area contributed by atoms with Gasteiger partial charge in [-0.2, -0.15) is 0 Å². The summed E-state index contributed by atoms with van der Waals surface area (Å²) in [5.74, 6) is -1.96. The van der Waals surface area contributed by atoms with E-state index in [4.69, 9.17) is 20.7 Å². The van der Waals surface area contributed by atoms with Crippen LogP contribution in [0.25, 0.3) is 21.5 Å². The van der Waals surface area contributed by atoms with Crippen molar-refractivity contribution in [2.45, 2.75) is 7.43 Å². The molecule has 4 aromatic rings. The number of nitrogens with one attached hydrogen (secondary N) is 1. The van der Waals surface area contributed by atoms with Gasteiger partial charge in [0.2, 0.25) is 0 Å². The highest BCUT2D eigenvalue weighted by molar-refractivity contribution is 6.10. The van der Waals surface area contributed by atoms with Gasteiger partial charge in [-0.05, 0) is 47.2 Å². The third-order valence-corrected chi connectivity index (χ3v) is 4.86. The number of benzene rings is 4. The van der Waals surface area contributed by atoms with Gasteiger partial charge in [0.1, 0.15) is 11.5 Å². The monoisotopic (exact) mass is 448 g/mol. The number of rotatable bonds is 2. The molecule has 33 heavy (non-hydrogen) atoms. The lowest BCUT2D eigenvalue weighted by atomic mass is 10.0. The molecule has 4 aromatic carbocycles. The predicted octanol–water partition coefficient (Wildman–Crippen LogP) is 4.92. The minimum Gasteiger partial charge on any atom is -0.507 e. The molecule has 9 nitrogen and oxygen atoms in total. The third-order valence-electron chi connectivity index (χ3n) is 4.86. The molecule has 1 aliphatic rings. The van der Waals surface area contributed by atoms with Crippen LogP contribution in [0.15, 0.2) is 60.7 Å². The zero-order chi connectivity index (χ0) is 23.0. The fraction of sp³-hybridized carbons (Fsp3) is 0.0417. The first-order chi connectivity index (χ1) is 15.2. The van der Waals surface area contributed by atoms with Gasteiger partial charge in [0.05, 0.1) is 16.8 Å². The van der Waals surface area contributed by atoms with Crippen molar-refractivity contribution < 1.29 is 34.4 Å². The first kappa shape index (κ1) is 22.9. The summed E-state index contributed by atoms with van der Waals surface area (Å²) in [5, 5.41) is 32.5. The number of aromatic carboxylic acids is 2. The lowest BCUT2D eigenvalue weighted by Crippen LogP contribution is -2.21. The molecule has 0 radical (unpaired) electrons. The number of nitrogen functional groups attached to an aromatic ring is 1. The Balaban J connectivity index is 0.000000182. The number of anilines is 2. The highest BCUT2D eigenvalue weighted by atomic mass is 16.6. The summed E-state index contributed by atoms with van der Waals surface area (Å²) in [5.41, 5.74) is 6.88. The number of carbonyl (C=O) groups excluding carboxylic acids is 1. The van der Waals surface area contributed by atoms with Gasteiger partial charge in [0.25, 0.3) is 0 Å². The van der Waals surface area contributed by atoms with E-state index in [2.05, 4.69) is 5.32 Å². The number of phenols is 1. The lowest BCUT2D eigenvalue weighted by Gasteiger charge is -2.18. The Morgan fingerprint density at radius 1 is 0.848 bits per heavy atom. The number of fused-ring (bicyclic) bond motifs is 1. The van der Waals surface area contributed by atoms with E-state index in [0.29, 0.717) is 22.1 Å². The van der Waals surface area contributed by atoms with E-state index in [1.54, 1.807) is 42.5 Å². The number of carboxylic acids is 2. The van der Waals surface area contributed by atoms with Crippen LogP contribution >= 0.6 is 0 Å². The van der Waals surface area contributed by atoms with E-state index in [9.17, 15) is 19.5 Å². The molecule has 0 aliphatic carbocycles. The number of hydrogen-bond acceptors (Lipinski definition) is 6. The van der Waals surface area contributed by atoms with Gasteiger partial charge in [-0.3, -0.25) is 5.32 Å². The second-order valence-electron chi connectivity index (χ2n) is 6.94. The highest BCUT2D eigenvalue weighted by Crippen LogP contribution is 2.36. The molecule has 0 spiro atoms. The fourth-order valence-corrected chi connectivity index (χ4v) is 3.49. The number of carboxylic acid groups (broad SMARTS) is 2. The SMILES string of the molecule is C.Nc1cccc2cc(C(=O)O)cc(O)c12.O=C1Nc2cccc3cc(C(=O)O)cc(c23)O1. The fourth-order valence-electron chi connectivity index (χ4n) is 3.49. The van der Waals surface area contributed by atoms with Crippen LogP contribution in [-0.4, -0.2) is 33.4 Å². The molecule has 1 heterocycles. The number of aromatic hydroxyl groups is 1. The van der Waals surface area contributed by atoms with E-state index >= 15 is 0 Å². The van der Waals surface area contributed by atoms with Gasteiger partial charge in [0.15, 0.2) is 0 Å². The van der Waals surface area contributed by atoms with Crippen molar-refractivity contribution in [1.29, 1.82) is 0 Å². The molecule has 0 saturated carbocycles. The van der Waals surface area contributed by atoms with Gasteiger partial charge >= 0.3 is 18.0 Å². The maximum atomic E-state index is 11.3. The minimum absolute atomic E-state index is 0. The van der Waals surface area contributed by atoms with Crippen LogP contribution in [0.1, 0.15) is 28.1 Å². The molecule has 6 N–H and O–H groups in total. The molecule has 0 bridgehead atoms. The van der Waals surface area contributed by atoms with Crippen molar-refractivity contribution >= 4 is 51.0 Å². The van der Waals surface area contributed by atoms with Crippen LogP contribution in [-0.2, 0) is 0 Å². The summed E-state index contributed by atoms with van der Waals surface area (Å²) in [7, 11) is 0. The largest absolute Gasteiger partial charge is 0.507 e. The van der Waals surface area contributed by atoms with Gasteiger partial charge in [-0.25, -0.2) is 14.4 Å². The van der Waals surface area contributed by atoms with Gasteiger partial charge in [-0.15, -0.1) is 0 Å². The van der Waals surface area contributed by atoms with Crippen LogP contribution in [0.3, 0.4) is 0 Å². The Morgan fingerprint density at radius 3 is 2.06 bits per heavy atom. The van der Waals surface area contributed by atoms with Crippen LogP contribution in [0, 0.1) is 0 Å². The predicted molar refractivity (Wildman–Crippen MR) is 124 cm³/mol. The van der Waals surface area contributed by atoms with E-state index in [1.807, 2.05) is 0 Å². The van der Waals surface area contributed by atoms with Crippen LogP contribution in [0.5, 0.6) is 11.5 Å². The first-order valence-electron chi connectivity index (χ1n) is 9.28. The molecule has 0 aromatic heterocycles. The Kier molecular flexibility index (Phi) is 6.07. The van der Waals surface area contributed by atoms with Crippen molar-refractivity contribution in [3.8, 4) is 11.5 Å². The maximum Gasteiger partial charge on any atom is 0.417 e. The normalized spacial score (nSPS) is 11.5. The zero-order valence-electron chi connectivity index (χ0n) is 16.3. The van der Waals surface area contributed by atoms with Gasteiger partial charge in [-0.1, -0.05) is 31.7 Å². The van der Waals surface area contributed by atoms with E-state index in [0.717, 1.165) is 10.8 Å². The van der Waals surface area contributed by atoms with Crippen molar-refractivity contribution in [3.63, 3.8) is 0 Å².